The van der Waals surface area contributed by atoms with Gasteiger partial charge in [0.05, 0.1) is 11.9 Å². The molecule has 0 aliphatic heterocycles. The van der Waals surface area contributed by atoms with E-state index in [4.69, 9.17) is 0 Å². The number of carbonyl (C=O) groups is 2. The summed E-state index contributed by atoms with van der Waals surface area (Å²) in [6.07, 6.45) is 3.37. The van der Waals surface area contributed by atoms with Crippen LogP contribution in [0.1, 0.15) is 30.9 Å². The van der Waals surface area contributed by atoms with Crippen LogP contribution in [0.4, 0.5) is 5.69 Å². The molecule has 0 saturated carbocycles. The standard InChI is InChI=1S/C22H23N3O2/c1-2-5-20(26)25-19-11-9-16(10-12-19)15-24-21(27)14-18-7-3-6-17-8-4-13-23-22(17)18/h3-4,6-13H,2,5,14-15H2,1H3,(H,24,27)(H,25,26). The molecule has 0 bridgehead atoms. The lowest BCUT2D eigenvalue weighted by Crippen LogP contribution is -2.24. The Morgan fingerprint density at radius 2 is 1.74 bits per heavy atom. The smallest absolute Gasteiger partial charge is 0.224 e. The number of aromatic nitrogens is 1. The number of anilines is 1. The van der Waals surface area contributed by atoms with E-state index >= 15 is 0 Å². The molecule has 0 fully saturated rings. The van der Waals surface area contributed by atoms with Crippen LogP contribution >= 0.6 is 0 Å². The largest absolute Gasteiger partial charge is 0.352 e. The highest BCUT2D eigenvalue weighted by Crippen LogP contribution is 2.16. The molecule has 5 heteroatoms. The zero-order chi connectivity index (χ0) is 19.1. The summed E-state index contributed by atoms with van der Waals surface area (Å²) in [6, 6.07) is 17.3. The van der Waals surface area contributed by atoms with E-state index in [1.807, 2.05) is 61.5 Å². The molecule has 3 aromatic rings. The van der Waals surface area contributed by atoms with Crippen molar-refractivity contribution in [2.75, 3.05) is 5.32 Å². The van der Waals surface area contributed by atoms with E-state index < -0.39 is 0 Å². The van der Waals surface area contributed by atoms with Crippen LogP contribution in [0.5, 0.6) is 0 Å². The third-order valence-electron chi connectivity index (χ3n) is 4.27. The summed E-state index contributed by atoms with van der Waals surface area (Å²) in [4.78, 5) is 28.3. The van der Waals surface area contributed by atoms with Crippen LogP contribution in [0, 0.1) is 0 Å². The van der Waals surface area contributed by atoms with Gasteiger partial charge in [-0.25, -0.2) is 0 Å². The van der Waals surface area contributed by atoms with Crippen LogP contribution < -0.4 is 10.6 Å². The molecule has 2 N–H and O–H groups in total. The third kappa shape index (κ3) is 5.14. The number of nitrogens with one attached hydrogen (secondary N) is 2. The zero-order valence-corrected chi connectivity index (χ0v) is 15.4. The molecule has 27 heavy (non-hydrogen) atoms. The van der Waals surface area contributed by atoms with Gasteiger partial charge in [0.15, 0.2) is 0 Å². The van der Waals surface area contributed by atoms with Crippen LogP contribution in [-0.4, -0.2) is 16.8 Å². The molecule has 0 aliphatic carbocycles. The molecule has 1 aromatic heterocycles. The summed E-state index contributed by atoms with van der Waals surface area (Å²) in [5.41, 5.74) is 3.53. The van der Waals surface area contributed by atoms with Crippen molar-refractivity contribution >= 4 is 28.4 Å². The van der Waals surface area contributed by atoms with Crippen LogP contribution in [0.3, 0.4) is 0 Å². The first-order valence-corrected chi connectivity index (χ1v) is 9.14. The molecule has 0 unspecified atom stereocenters. The molecule has 2 aromatic carbocycles. The number of amides is 2. The Hall–Kier alpha value is -3.21. The molecule has 0 aliphatic rings. The highest BCUT2D eigenvalue weighted by Gasteiger charge is 2.08. The minimum Gasteiger partial charge on any atom is -0.352 e. The number of fused-ring (bicyclic) bond motifs is 1. The van der Waals surface area contributed by atoms with Crippen LogP contribution in [0.2, 0.25) is 0 Å². The Kier molecular flexibility index (Phi) is 6.15. The van der Waals surface area contributed by atoms with Gasteiger partial charge in [0.2, 0.25) is 11.8 Å². The fourth-order valence-electron chi connectivity index (χ4n) is 2.90. The number of para-hydroxylation sites is 1. The Labute approximate surface area is 158 Å². The highest BCUT2D eigenvalue weighted by molar-refractivity contribution is 5.90. The van der Waals surface area contributed by atoms with Crippen molar-refractivity contribution < 1.29 is 9.59 Å². The highest BCUT2D eigenvalue weighted by atomic mass is 16.2. The first-order chi connectivity index (χ1) is 13.2. The van der Waals surface area contributed by atoms with Gasteiger partial charge in [-0.3, -0.25) is 14.6 Å². The molecular formula is C22H23N3O2. The maximum Gasteiger partial charge on any atom is 0.224 e. The van der Waals surface area contributed by atoms with E-state index in [2.05, 4.69) is 15.6 Å². The number of nitrogens with zero attached hydrogens (tertiary/aromatic N) is 1. The number of rotatable bonds is 7. The summed E-state index contributed by atoms with van der Waals surface area (Å²) >= 11 is 0. The number of benzene rings is 2. The summed E-state index contributed by atoms with van der Waals surface area (Å²) < 4.78 is 0. The minimum atomic E-state index is -0.0477. The molecule has 0 saturated heterocycles. The van der Waals surface area contributed by atoms with Gasteiger partial charge in [0.25, 0.3) is 0 Å². The van der Waals surface area contributed by atoms with E-state index in [-0.39, 0.29) is 11.8 Å². The monoisotopic (exact) mass is 361 g/mol. The third-order valence-corrected chi connectivity index (χ3v) is 4.27. The first kappa shape index (κ1) is 18.6. The van der Waals surface area contributed by atoms with Gasteiger partial charge < -0.3 is 10.6 Å². The number of hydrogen-bond acceptors (Lipinski definition) is 3. The van der Waals surface area contributed by atoms with Crippen LogP contribution in [0.25, 0.3) is 10.9 Å². The van der Waals surface area contributed by atoms with Crippen molar-refractivity contribution in [1.29, 1.82) is 0 Å². The molecule has 138 valence electrons. The quantitative estimate of drug-likeness (QED) is 0.672. The molecule has 1 heterocycles. The van der Waals surface area contributed by atoms with Gasteiger partial charge >= 0.3 is 0 Å². The molecular weight excluding hydrogens is 338 g/mol. The molecule has 0 spiro atoms. The second kappa shape index (κ2) is 8.94. The van der Waals surface area contributed by atoms with Gasteiger partial charge in [0, 0.05) is 30.2 Å². The molecule has 2 amide bonds. The predicted molar refractivity (Wildman–Crippen MR) is 107 cm³/mol. The minimum absolute atomic E-state index is 0.0160. The van der Waals surface area contributed by atoms with E-state index in [9.17, 15) is 9.59 Å². The number of hydrogen-bond donors (Lipinski definition) is 2. The average Bonchev–Trinajstić information content (AvgIpc) is 2.68. The second-order valence-electron chi connectivity index (χ2n) is 6.44. The summed E-state index contributed by atoms with van der Waals surface area (Å²) in [6.45, 7) is 2.42. The Bertz CT molecular complexity index is 930. The topological polar surface area (TPSA) is 71.1 Å². The van der Waals surface area contributed by atoms with Gasteiger partial charge in [0.1, 0.15) is 0 Å². The van der Waals surface area contributed by atoms with Crippen molar-refractivity contribution in [1.82, 2.24) is 10.3 Å². The number of pyridine rings is 1. The van der Waals surface area contributed by atoms with Crippen LogP contribution in [-0.2, 0) is 22.6 Å². The van der Waals surface area contributed by atoms with E-state index in [1.54, 1.807) is 6.20 Å². The second-order valence-corrected chi connectivity index (χ2v) is 6.44. The lowest BCUT2D eigenvalue weighted by atomic mass is 10.1. The molecule has 0 atom stereocenters. The molecule has 3 rings (SSSR count). The maximum absolute atomic E-state index is 12.3. The fourth-order valence-corrected chi connectivity index (χ4v) is 2.90. The Morgan fingerprint density at radius 1 is 0.963 bits per heavy atom. The summed E-state index contributed by atoms with van der Waals surface area (Å²) in [7, 11) is 0. The van der Waals surface area contributed by atoms with Crippen molar-refractivity contribution in [3.8, 4) is 0 Å². The first-order valence-electron chi connectivity index (χ1n) is 9.14. The average molecular weight is 361 g/mol. The van der Waals surface area contributed by atoms with Gasteiger partial charge in [-0.15, -0.1) is 0 Å². The van der Waals surface area contributed by atoms with E-state index in [0.717, 1.165) is 34.1 Å². The maximum atomic E-state index is 12.3. The van der Waals surface area contributed by atoms with Crippen molar-refractivity contribution in [3.63, 3.8) is 0 Å². The van der Waals surface area contributed by atoms with Crippen molar-refractivity contribution in [2.24, 2.45) is 0 Å². The zero-order valence-electron chi connectivity index (χ0n) is 15.4. The van der Waals surface area contributed by atoms with Crippen LogP contribution in [0.15, 0.2) is 60.8 Å². The predicted octanol–water partition coefficient (Wildman–Crippen LogP) is 3.83. The lowest BCUT2D eigenvalue weighted by Gasteiger charge is -2.09. The lowest BCUT2D eigenvalue weighted by molar-refractivity contribution is -0.120. The Morgan fingerprint density at radius 3 is 2.52 bits per heavy atom. The molecule has 0 radical (unpaired) electrons. The van der Waals surface area contributed by atoms with Crippen molar-refractivity contribution in [2.45, 2.75) is 32.7 Å². The van der Waals surface area contributed by atoms with Gasteiger partial charge in [-0.1, -0.05) is 43.3 Å². The van der Waals surface area contributed by atoms with E-state index in [1.165, 1.54) is 0 Å². The fraction of sp³-hybridized carbons (Fsp3) is 0.227. The normalized spacial score (nSPS) is 10.6. The SMILES string of the molecule is CCCC(=O)Nc1ccc(CNC(=O)Cc2cccc3cccnc23)cc1. The summed E-state index contributed by atoms with van der Waals surface area (Å²) in [5.74, 6) is -0.0317. The van der Waals surface area contributed by atoms with Gasteiger partial charge in [-0.2, -0.15) is 0 Å². The number of carbonyl (C=O) groups excluding carboxylic acids is 2. The van der Waals surface area contributed by atoms with Gasteiger partial charge in [-0.05, 0) is 35.7 Å². The van der Waals surface area contributed by atoms with E-state index in [0.29, 0.717) is 19.4 Å². The summed E-state index contributed by atoms with van der Waals surface area (Å²) in [5, 5.41) is 6.82. The Balaban J connectivity index is 1.55. The van der Waals surface area contributed by atoms with Crippen molar-refractivity contribution in [3.05, 3.63) is 71.9 Å². The molecule has 5 nitrogen and oxygen atoms in total.